The van der Waals surface area contributed by atoms with E-state index >= 15 is 0 Å². The molecule has 3 aliphatic carbocycles. The maximum atomic E-state index is 13.4. The molecule has 236 valence electrons. The Kier molecular flexibility index (Phi) is 10.4. The molecule has 7 atom stereocenters. The fourth-order valence-electron chi connectivity index (χ4n) is 9.09. The zero-order chi connectivity index (χ0) is 31.4. The molecule has 2 saturated carbocycles. The van der Waals surface area contributed by atoms with E-state index < -0.39 is 15.3 Å². The number of hydrogen-bond acceptors (Lipinski definition) is 7. The molecule has 9 nitrogen and oxygen atoms in total. The van der Waals surface area contributed by atoms with Crippen molar-refractivity contribution in [3.63, 3.8) is 0 Å². The van der Waals surface area contributed by atoms with Gasteiger partial charge in [0, 0.05) is 17.7 Å². The minimum Gasteiger partial charge on any atom is -0.294 e. The van der Waals surface area contributed by atoms with Crippen LogP contribution in [0.2, 0.25) is 0 Å². The van der Waals surface area contributed by atoms with Gasteiger partial charge in [-0.2, -0.15) is 5.10 Å². The number of rotatable bonds is 12. The number of anilines is 1. The van der Waals surface area contributed by atoms with Gasteiger partial charge in [0.15, 0.2) is 5.78 Å². The number of hydrogen-bond donors (Lipinski definition) is 1. The standard InChI is InChI=1S/C34H50N4O5/c1-23(2)10-8-11-24(3)27-15-16-29-26(18-21-35-36-30-17-14-25(37(40)41)22-31(30)38(42)43)28(12-9-20-33(27,29)4)34(5)19-7-6-13-32(34)39/h6,13-14,17,21-24,26-29,36H,7-12,15-16,18-20H2,1-5H3/b35-21+/t24-,26?,27-,28?,29?,33-,34-/m1/s1. The molecule has 0 bridgehead atoms. The Hall–Kier alpha value is -3.10. The fourth-order valence-corrected chi connectivity index (χ4v) is 9.09. The van der Waals surface area contributed by atoms with Gasteiger partial charge in [-0.15, -0.1) is 0 Å². The topological polar surface area (TPSA) is 128 Å². The highest BCUT2D eigenvalue weighted by Gasteiger charge is 2.56. The molecule has 4 rings (SSSR count). The first-order valence-corrected chi connectivity index (χ1v) is 16.3. The van der Waals surface area contributed by atoms with Gasteiger partial charge >= 0.3 is 5.69 Å². The van der Waals surface area contributed by atoms with Crippen LogP contribution in [0.5, 0.6) is 0 Å². The lowest BCUT2D eigenvalue weighted by Crippen LogP contribution is -2.44. The van der Waals surface area contributed by atoms with E-state index in [-0.39, 0.29) is 40.1 Å². The maximum absolute atomic E-state index is 13.4. The van der Waals surface area contributed by atoms with Crippen molar-refractivity contribution in [3.8, 4) is 0 Å². The Labute approximate surface area is 256 Å². The number of benzene rings is 1. The van der Waals surface area contributed by atoms with Gasteiger partial charge in [-0.1, -0.05) is 66.4 Å². The first-order valence-electron chi connectivity index (χ1n) is 16.3. The van der Waals surface area contributed by atoms with E-state index in [2.05, 4.69) is 45.1 Å². The SMILES string of the molecule is CC(C)CCC[C@@H](C)[C@H]1CCC2C(C/C=N/Nc3ccc([N+](=O)[O-])cc3[N+](=O)[O-])C([C@@]3(C)CCC=CC3=O)CCC[C@@]21C. The van der Waals surface area contributed by atoms with E-state index in [1.807, 2.05) is 12.3 Å². The zero-order valence-corrected chi connectivity index (χ0v) is 26.6. The van der Waals surface area contributed by atoms with Crippen molar-refractivity contribution in [2.75, 3.05) is 5.43 Å². The van der Waals surface area contributed by atoms with E-state index in [1.54, 1.807) is 6.08 Å². The largest absolute Gasteiger partial charge is 0.301 e. The molecule has 0 heterocycles. The third-order valence-corrected chi connectivity index (χ3v) is 11.4. The van der Waals surface area contributed by atoms with Crippen LogP contribution in [-0.2, 0) is 4.79 Å². The number of allylic oxidation sites excluding steroid dienone is 2. The second-order valence-corrected chi connectivity index (χ2v) is 14.4. The Morgan fingerprint density at radius 2 is 1.81 bits per heavy atom. The number of ketones is 1. The fraction of sp³-hybridized carbons (Fsp3) is 0.706. The van der Waals surface area contributed by atoms with Crippen LogP contribution >= 0.6 is 0 Å². The summed E-state index contributed by atoms with van der Waals surface area (Å²) in [5.74, 6) is 3.30. The number of nitrogens with zero attached hydrogens (tertiary/aromatic N) is 3. The molecule has 3 aliphatic rings. The Bertz CT molecular complexity index is 1250. The van der Waals surface area contributed by atoms with Gasteiger partial charge in [-0.3, -0.25) is 30.4 Å². The van der Waals surface area contributed by atoms with Crippen LogP contribution in [0.25, 0.3) is 0 Å². The molecule has 3 unspecified atom stereocenters. The summed E-state index contributed by atoms with van der Waals surface area (Å²) in [6.45, 7) is 11.7. The van der Waals surface area contributed by atoms with Crippen LogP contribution in [0.3, 0.4) is 0 Å². The minimum absolute atomic E-state index is 0.116. The van der Waals surface area contributed by atoms with Crippen LogP contribution in [-0.4, -0.2) is 21.8 Å². The summed E-state index contributed by atoms with van der Waals surface area (Å²) in [4.78, 5) is 34.9. The summed E-state index contributed by atoms with van der Waals surface area (Å²) in [5, 5.41) is 27.1. The molecular formula is C34H50N4O5. The summed E-state index contributed by atoms with van der Waals surface area (Å²) in [5.41, 5.74) is 1.99. The first-order chi connectivity index (χ1) is 20.4. The predicted octanol–water partition coefficient (Wildman–Crippen LogP) is 9.13. The van der Waals surface area contributed by atoms with Crippen molar-refractivity contribution in [2.45, 2.75) is 105 Å². The second-order valence-electron chi connectivity index (χ2n) is 14.4. The van der Waals surface area contributed by atoms with Crippen molar-refractivity contribution < 1.29 is 14.6 Å². The Morgan fingerprint density at radius 1 is 1.05 bits per heavy atom. The smallest absolute Gasteiger partial charge is 0.294 e. The number of carbonyl (C=O) groups is 1. The van der Waals surface area contributed by atoms with E-state index in [1.165, 1.54) is 44.2 Å². The molecular weight excluding hydrogens is 544 g/mol. The molecule has 0 radical (unpaired) electrons. The average molecular weight is 595 g/mol. The lowest BCUT2D eigenvalue weighted by atomic mass is 9.57. The van der Waals surface area contributed by atoms with Crippen molar-refractivity contribution >= 4 is 29.1 Å². The molecule has 1 aromatic carbocycles. The highest BCUT2D eigenvalue weighted by Crippen LogP contribution is 2.63. The second kappa shape index (κ2) is 13.7. The number of carbonyl (C=O) groups excluding carboxylic acids is 1. The van der Waals surface area contributed by atoms with Crippen LogP contribution < -0.4 is 5.43 Å². The van der Waals surface area contributed by atoms with Crippen LogP contribution in [0.1, 0.15) is 105 Å². The summed E-state index contributed by atoms with van der Waals surface area (Å²) in [7, 11) is 0. The van der Waals surface area contributed by atoms with Crippen LogP contribution in [0.4, 0.5) is 17.1 Å². The quantitative estimate of drug-likeness (QED) is 0.146. The van der Waals surface area contributed by atoms with Gasteiger partial charge in [0.05, 0.1) is 15.9 Å². The van der Waals surface area contributed by atoms with Gasteiger partial charge in [-0.05, 0) is 98.0 Å². The summed E-state index contributed by atoms with van der Waals surface area (Å²) in [6, 6.07) is 3.52. The normalized spacial score (nSPS) is 31.6. The summed E-state index contributed by atoms with van der Waals surface area (Å²) in [6.07, 6.45) is 17.6. The monoisotopic (exact) mass is 594 g/mol. The molecule has 2 fully saturated rings. The van der Waals surface area contributed by atoms with Crippen molar-refractivity contribution in [3.05, 3.63) is 50.6 Å². The molecule has 0 saturated heterocycles. The van der Waals surface area contributed by atoms with E-state index in [0.29, 0.717) is 24.2 Å². The Morgan fingerprint density at radius 3 is 2.49 bits per heavy atom. The third kappa shape index (κ3) is 7.01. The first kappa shape index (κ1) is 32.8. The van der Waals surface area contributed by atoms with Gasteiger partial charge < -0.3 is 0 Å². The predicted molar refractivity (Wildman–Crippen MR) is 171 cm³/mol. The average Bonchev–Trinajstić information content (AvgIpc) is 3.21. The van der Waals surface area contributed by atoms with Gasteiger partial charge in [-0.25, -0.2) is 0 Å². The molecule has 0 amide bonds. The number of fused-ring (bicyclic) bond motifs is 1. The van der Waals surface area contributed by atoms with Crippen molar-refractivity contribution in [1.29, 1.82) is 0 Å². The number of nitro groups is 2. The molecule has 9 heteroatoms. The Balaban J connectivity index is 1.60. The van der Waals surface area contributed by atoms with E-state index in [0.717, 1.165) is 44.1 Å². The summed E-state index contributed by atoms with van der Waals surface area (Å²) < 4.78 is 0. The minimum atomic E-state index is -0.647. The highest BCUT2D eigenvalue weighted by atomic mass is 16.6. The number of non-ortho nitro benzene ring substituents is 1. The van der Waals surface area contributed by atoms with E-state index in [4.69, 9.17) is 0 Å². The van der Waals surface area contributed by atoms with E-state index in [9.17, 15) is 25.0 Å². The lowest BCUT2D eigenvalue weighted by Gasteiger charge is -2.46. The van der Waals surface area contributed by atoms with Crippen LogP contribution in [0.15, 0.2) is 35.5 Å². The number of nitrogens with one attached hydrogen (secondary N) is 1. The number of nitro benzene ring substituents is 2. The molecule has 1 aromatic rings. The van der Waals surface area contributed by atoms with Gasteiger partial charge in [0.25, 0.3) is 5.69 Å². The van der Waals surface area contributed by atoms with Crippen molar-refractivity contribution in [1.82, 2.24) is 0 Å². The lowest BCUT2D eigenvalue weighted by molar-refractivity contribution is -0.393. The summed E-state index contributed by atoms with van der Waals surface area (Å²) >= 11 is 0. The van der Waals surface area contributed by atoms with Gasteiger partial charge in [0.1, 0.15) is 5.69 Å². The van der Waals surface area contributed by atoms with Crippen LogP contribution in [0, 0.1) is 66.6 Å². The maximum Gasteiger partial charge on any atom is 0.301 e. The molecule has 1 N–H and O–H groups in total. The third-order valence-electron chi connectivity index (χ3n) is 11.4. The zero-order valence-electron chi connectivity index (χ0n) is 26.6. The van der Waals surface area contributed by atoms with Gasteiger partial charge in [0.2, 0.25) is 0 Å². The molecule has 43 heavy (non-hydrogen) atoms. The highest BCUT2D eigenvalue weighted by molar-refractivity contribution is 5.95. The van der Waals surface area contributed by atoms with Crippen molar-refractivity contribution in [2.24, 2.45) is 51.4 Å². The molecule has 0 aliphatic heterocycles. The number of hydrazone groups is 1. The molecule has 0 spiro atoms. The molecule has 0 aromatic heterocycles.